The first kappa shape index (κ1) is 13.3. The quantitative estimate of drug-likeness (QED) is 0.825. The van der Waals surface area contributed by atoms with Gasteiger partial charge in [0.2, 0.25) is 0 Å². The number of benzene rings is 1. The second-order valence-electron chi connectivity index (χ2n) is 5.57. The molecule has 1 aliphatic heterocycles. The average molecular weight is 287 g/mol. The van der Waals surface area contributed by atoms with Crippen LogP contribution in [0.5, 0.6) is 0 Å². The molecular weight excluding hydrogens is 270 g/mol. The van der Waals surface area contributed by atoms with Gasteiger partial charge >= 0.3 is 0 Å². The Kier molecular flexibility index (Phi) is 3.11. The van der Waals surface area contributed by atoms with Gasteiger partial charge in [0, 0.05) is 24.7 Å². The predicted molar refractivity (Wildman–Crippen MR) is 85.1 cm³/mol. The molecule has 1 unspecified atom stereocenters. The number of β-amino-alcohol motifs (C(OH)–C–C–N with tert-alkyl or cyclic N) is 1. The van der Waals surface area contributed by atoms with Gasteiger partial charge in [0.05, 0.1) is 22.4 Å². The number of hydrogen-bond acceptors (Lipinski definition) is 4. The highest BCUT2D eigenvalue weighted by Crippen LogP contribution is 2.34. The van der Waals surface area contributed by atoms with E-state index in [-0.39, 0.29) is 0 Å². The lowest BCUT2D eigenvalue weighted by molar-refractivity contribution is 0.0839. The minimum absolute atomic E-state index is 0.338. The molecule has 3 N–H and O–H groups in total. The molecule has 0 aliphatic carbocycles. The molecule has 2 heterocycles. The summed E-state index contributed by atoms with van der Waals surface area (Å²) in [6.07, 6.45) is 2.47. The minimum Gasteiger partial charge on any atom is -0.389 e. The molecule has 1 aromatic heterocycles. The second kappa shape index (κ2) is 4.68. The summed E-state index contributed by atoms with van der Waals surface area (Å²) in [4.78, 5) is 6.90. The highest BCUT2D eigenvalue weighted by Gasteiger charge is 2.33. The van der Waals surface area contributed by atoms with Crippen LogP contribution in [0.1, 0.15) is 18.9 Å². The normalized spacial score (nSPS) is 22.4. The van der Waals surface area contributed by atoms with Crippen molar-refractivity contribution in [2.24, 2.45) is 5.73 Å². The van der Waals surface area contributed by atoms with Crippen molar-refractivity contribution in [3.63, 3.8) is 0 Å². The van der Waals surface area contributed by atoms with Crippen LogP contribution < -0.4 is 10.6 Å². The maximum Gasteiger partial charge on any atom is 0.107 e. The molecule has 3 rings (SSSR count). The number of para-hydroxylation sites is 1. The Morgan fingerprint density at radius 1 is 1.45 bits per heavy atom. The van der Waals surface area contributed by atoms with Crippen molar-refractivity contribution in [2.75, 3.05) is 18.0 Å². The maximum atomic E-state index is 10.2. The molecule has 0 amide bonds. The van der Waals surface area contributed by atoms with Crippen molar-refractivity contribution in [1.82, 2.24) is 4.98 Å². The van der Waals surface area contributed by atoms with Crippen molar-refractivity contribution in [3.8, 4) is 0 Å². The van der Waals surface area contributed by atoms with Crippen LogP contribution in [-0.4, -0.2) is 33.8 Å². The fourth-order valence-corrected chi connectivity index (χ4v) is 2.93. The summed E-state index contributed by atoms with van der Waals surface area (Å²) in [5.74, 6) is 0. The molecule has 1 aliphatic rings. The molecule has 1 saturated heterocycles. The van der Waals surface area contributed by atoms with E-state index in [0.717, 1.165) is 35.1 Å². The number of anilines is 1. The van der Waals surface area contributed by atoms with Gasteiger partial charge in [-0.1, -0.05) is 30.4 Å². The van der Waals surface area contributed by atoms with Crippen LogP contribution in [0.4, 0.5) is 5.69 Å². The van der Waals surface area contributed by atoms with E-state index in [2.05, 4.69) is 9.88 Å². The lowest BCUT2D eigenvalue weighted by Crippen LogP contribution is -2.31. The van der Waals surface area contributed by atoms with Gasteiger partial charge in [-0.15, -0.1) is 0 Å². The Balaban J connectivity index is 2.21. The van der Waals surface area contributed by atoms with E-state index in [9.17, 15) is 5.11 Å². The molecule has 2 aromatic rings. The van der Waals surface area contributed by atoms with Crippen molar-refractivity contribution >= 4 is 33.8 Å². The third-order valence-corrected chi connectivity index (χ3v) is 4.00. The zero-order valence-electron chi connectivity index (χ0n) is 11.3. The third kappa shape index (κ3) is 2.23. The summed E-state index contributed by atoms with van der Waals surface area (Å²) in [6.45, 7) is 3.23. The second-order valence-corrected chi connectivity index (χ2v) is 6.01. The molecule has 1 fully saturated rings. The van der Waals surface area contributed by atoms with E-state index in [0.29, 0.717) is 11.5 Å². The van der Waals surface area contributed by atoms with Gasteiger partial charge in [0.1, 0.15) is 4.99 Å². The first-order valence-corrected chi connectivity index (χ1v) is 7.04. The zero-order chi connectivity index (χ0) is 14.3. The van der Waals surface area contributed by atoms with E-state index in [1.165, 1.54) is 0 Å². The van der Waals surface area contributed by atoms with Gasteiger partial charge in [-0.25, -0.2) is 0 Å². The van der Waals surface area contributed by atoms with Crippen LogP contribution in [0.3, 0.4) is 0 Å². The van der Waals surface area contributed by atoms with Crippen molar-refractivity contribution < 1.29 is 5.11 Å². The van der Waals surface area contributed by atoms with Gasteiger partial charge in [-0.05, 0) is 19.4 Å². The highest BCUT2D eigenvalue weighted by atomic mass is 32.1. The Bertz CT molecular complexity index is 684. The molecule has 1 atom stereocenters. The van der Waals surface area contributed by atoms with Crippen LogP contribution in [0.25, 0.3) is 10.9 Å². The van der Waals surface area contributed by atoms with Gasteiger partial charge < -0.3 is 15.7 Å². The van der Waals surface area contributed by atoms with Crippen molar-refractivity contribution in [2.45, 2.75) is 18.9 Å². The Morgan fingerprint density at radius 2 is 2.20 bits per heavy atom. The molecule has 0 saturated carbocycles. The first-order valence-electron chi connectivity index (χ1n) is 6.63. The van der Waals surface area contributed by atoms with Crippen LogP contribution in [-0.2, 0) is 0 Å². The summed E-state index contributed by atoms with van der Waals surface area (Å²) in [6, 6.07) is 7.92. The molecule has 0 radical (unpaired) electrons. The van der Waals surface area contributed by atoms with Crippen LogP contribution in [0.2, 0.25) is 0 Å². The highest BCUT2D eigenvalue weighted by molar-refractivity contribution is 7.80. The van der Waals surface area contributed by atoms with E-state index in [4.69, 9.17) is 18.0 Å². The Hall–Kier alpha value is -1.72. The van der Waals surface area contributed by atoms with Gasteiger partial charge in [0.15, 0.2) is 0 Å². The number of hydrogen-bond donors (Lipinski definition) is 2. The lowest BCUT2D eigenvalue weighted by Gasteiger charge is -2.24. The molecule has 0 bridgehead atoms. The largest absolute Gasteiger partial charge is 0.389 e. The molecule has 4 nitrogen and oxygen atoms in total. The third-order valence-electron chi connectivity index (χ3n) is 3.78. The van der Waals surface area contributed by atoms with Gasteiger partial charge in [-0.3, -0.25) is 4.98 Å². The zero-order valence-corrected chi connectivity index (χ0v) is 12.2. The molecule has 1 aromatic carbocycles. The smallest absolute Gasteiger partial charge is 0.107 e. The van der Waals surface area contributed by atoms with Crippen molar-refractivity contribution in [1.29, 1.82) is 0 Å². The number of aromatic nitrogens is 1. The van der Waals surface area contributed by atoms with Crippen LogP contribution >= 0.6 is 12.2 Å². The number of nitrogens with zero attached hydrogens (tertiary/aromatic N) is 2. The van der Waals surface area contributed by atoms with Crippen LogP contribution in [0.15, 0.2) is 30.5 Å². The molecule has 0 spiro atoms. The topological polar surface area (TPSA) is 62.4 Å². The first-order chi connectivity index (χ1) is 9.48. The summed E-state index contributed by atoms with van der Waals surface area (Å²) in [5, 5.41) is 11.2. The Labute approximate surface area is 123 Å². The SMILES string of the molecule is CC1(O)CCN(c2c(C(N)=S)cnc3ccccc23)C1. The minimum atomic E-state index is -0.669. The number of rotatable bonds is 2. The Morgan fingerprint density at radius 3 is 2.85 bits per heavy atom. The molecule has 20 heavy (non-hydrogen) atoms. The van der Waals surface area contributed by atoms with E-state index >= 15 is 0 Å². The standard InChI is InChI=1S/C15H17N3OS/c1-15(19)6-7-18(9-15)13-10-4-2-3-5-12(10)17-8-11(13)14(16)20/h2-5,8,19H,6-7,9H2,1H3,(H2,16,20). The summed E-state index contributed by atoms with van der Waals surface area (Å²) < 4.78 is 0. The summed E-state index contributed by atoms with van der Waals surface area (Å²) >= 11 is 5.15. The summed E-state index contributed by atoms with van der Waals surface area (Å²) in [7, 11) is 0. The fourth-order valence-electron chi connectivity index (χ4n) is 2.78. The number of aliphatic hydroxyl groups is 1. The number of pyridine rings is 1. The monoisotopic (exact) mass is 287 g/mol. The van der Waals surface area contributed by atoms with Gasteiger partial charge in [0.25, 0.3) is 0 Å². The molecule has 104 valence electrons. The number of nitrogens with two attached hydrogens (primary N) is 1. The van der Waals surface area contributed by atoms with Gasteiger partial charge in [-0.2, -0.15) is 0 Å². The van der Waals surface area contributed by atoms with E-state index < -0.39 is 5.60 Å². The molecular formula is C15H17N3OS. The molecule has 5 heteroatoms. The fraction of sp³-hybridized carbons (Fsp3) is 0.333. The maximum absolute atomic E-state index is 10.2. The number of thiocarbonyl (C=S) groups is 1. The van der Waals surface area contributed by atoms with Crippen LogP contribution in [0, 0.1) is 0 Å². The van der Waals surface area contributed by atoms with Crippen molar-refractivity contribution in [3.05, 3.63) is 36.0 Å². The van der Waals surface area contributed by atoms with E-state index in [1.807, 2.05) is 31.2 Å². The lowest BCUT2D eigenvalue weighted by atomic mass is 10.1. The summed E-state index contributed by atoms with van der Waals surface area (Å²) in [5.41, 5.74) is 7.85. The predicted octanol–water partition coefficient (Wildman–Crippen LogP) is 1.83. The average Bonchev–Trinajstić information content (AvgIpc) is 2.77. The van der Waals surface area contributed by atoms with E-state index in [1.54, 1.807) is 6.20 Å². The number of fused-ring (bicyclic) bond motifs is 1.